The van der Waals surface area contributed by atoms with E-state index < -0.39 is 0 Å². The minimum absolute atomic E-state index is 0.126. The molecule has 0 aromatic carbocycles. The van der Waals surface area contributed by atoms with Gasteiger partial charge < -0.3 is 0 Å². The highest BCUT2D eigenvalue weighted by molar-refractivity contribution is 6.28. The van der Waals surface area contributed by atoms with Crippen LogP contribution in [-0.4, -0.2) is 22.5 Å². The largest absolute Gasteiger partial charge is 0.125 e. The van der Waals surface area contributed by atoms with Crippen molar-refractivity contribution in [2.75, 3.05) is 11.8 Å². The van der Waals surface area contributed by atoms with Crippen LogP contribution in [0.4, 0.5) is 0 Å². The molecule has 0 spiro atoms. The zero-order valence-electron chi connectivity index (χ0n) is 7.62. The molecule has 0 saturated heterocycles. The van der Waals surface area contributed by atoms with Gasteiger partial charge in [-0.2, -0.15) is 0 Å². The van der Waals surface area contributed by atoms with Crippen LogP contribution in [0.2, 0.25) is 0 Å². The first-order valence-corrected chi connectivity index (χ1v) is 6.55. The van der Waals surface area contributed by atoms with Crippen molar-refractivity contribution < 1.29 is 0 Å². The van der Waals surface area contributed by atoms with Gasteiger partial charge in [0.15, 0.2) is 0 Å². The van der Waals surface area contributed by atoms with E-state index in [4.69, 9.17) is 46.4 Å². The van der Waals surface area contributed by atoms with E-state index in [1.54, 1.807) is 0 Å². The maximum Gasteiger partial charge on any atom is 0.0471 e. The second kappa shape index (κ2) is 9.71. The monoisotopic (exact) mass is 264 g/mol. The first-order chi connectivity index (χ1) is 6.20. The lowest BCUT2D eigenvalue weighted by Crippen LogP contribution is -2.01. The van der Waals surface area contributed by atoms with Crippen LogP contribution in [0.5, 0.6) is 0 Å². The van der Waals surface area contributed by atoms with Crippen LogP contribution in [0, 0.1) is 0 Å². The lowest BCUT2D eigenvalue weighted by Gasteiger charge is -2.06. The van der Waals surface area contributed by atoms with Crippen molar-refractivity contribution in [3.63, 3.8) is 0 Å². The number of halogens is 4. The molecule has 0 saturated carbocycles. The highest BCUT2D eigenvalue weighted by Gasteiger charge is 2.04. The molecule has 0 unspecified atom stereocenters. The van der Waals surface area contributed by atoms with Crippen LogP contribution in [0.15, 0.2) is 0 Å². The van der Waals surface area contributed by atoms with Gasteiger partial charge >= 0.3 is 0 Å². The molecule has 0 N–H and O–H groups in total. The summed E-state index contributed by atoms with van der Waals surface area (Å²) in [5.41, 5.74) is 0. The minimum Gasteiger partial charge on any atom is -0.125 e. The topological polar surface area (TPSA) is 0 Å². The molecule has 0 aliphatic carbocycles. The van der Waals surface area contributed by atoms with Gasteiger partial charge in [0.1, 0.15) is 0 Å². The fraction of sp³-hybridized carbons (Fsp3) is 1.00. The van der Waals surface area contributed by atoms with E-state index in [1.165, 1.54) is 6.42 Å². The molecule has 13 heavy (non-hydrogen) atoms. The van der Waals surface area contributed by atoms with Crippen molar-refractivity contribution in [3.8, 4) is 0 Å². The van der Waals surface area contributed by atoms with Crippen LogP contribution >= 0.6 is 46.4 Å². The summed E-state index contributed by atoms with van der Waals surface area (Å²) >= 11 is 22.8. The summed E-state index contributed by atoms with van der Waals surface area (Å²) in [4.78, 5) is 0. The number of alkyl halides is 4. The van der Waals surface area contributed by atoms with Crippen LogP contribution < -0.4 is 0 Å². The van der Waals surface area contributed by atoms with Crippen molar-refractivity contribution in [3.05, 3.63) is 0 Å². The van der Waals surface area contributed by atoms with Crippen LogP contribution in [0.25, 0.3) is 0 Å². The standard InChI is InChI=1S/C9H16Cl4/c10-6-8(12)4-2-1-3-5-9(13)7-11/h8-9H,1-7H2/t8-,9-/m1/s1. The summed E-state index contributed by atoms with van der Waals surface area (Å²) in [7, 11) is 0. The summed E-state index contributed by atoms with van der Waals surface area (Å²) in [5, 5.41) is 0.253. The Morgan fingerprint density at radius 1 is 0.692 bits per heavy atom. The molecule has 0 aromatic rings. The second-order valence-corrected chi connectivity index (χ2v) is 4.99. The zero-order chi connectivity index (χ0) is 10.1. The Morgan fingerprint density at radius 2 is 1.08 bits per heavy atom. The Kier molecular flexibility index (Phi) is 10.6. The van der Waals surface area contributed by atoms with Gasteiger partial charge in [-0.25, -0.2) is 0 Å². The van der Waals surface area contributed by atoms with Gasteiger partial charge in [0.2, 0.25) is 0 Å². The van der Waals surface area contributed by atoms with Gasteiger partial charge in [0.05, 0.1) is 0 Å². The Morgan fingerprint density at radius 3 is 1.38 bits per heavy atom. The normalized spacial score (nSPS) is 15.7. The second-order valence-electron chi connectivity index (χ2n) is 3.14. The molecular formula is C9H16Cl4. The Hall–Kier alpha value is 1.16. The van der Waals surface area contributed by atoms with E-state index >= 15 is 0 Å². The van der Waals surface area contributed by atoms with Crippen molar-refractivity contribution in [2.24, 2.45) is 0 Å². The number of hydrogen-bond acceptors (Lipinski definition) is 0. The molecule has 0 aromatic heterocycles. The third-order valence-electron chi connectivity index (χ3n) is 1.87. The Bertz CT molecular complexity index is 95.8. The van der Waals surface area contributed by atoms with E-state index in [-0.39, 0.29) is 10.8 Å². The van der Waals surface area contributed by atoms with E-state index in [0.29, 0.717) is 11.8 Å². The predicted octanol–water partition coefficient (Wildman–Crippen LogP) is 4.63. The van der Waals surface area contributed by atoms with E-state index in [0.717, 1.165) is 25.7 Å². The molecule has 0 fully saturated rings. The first-order valence-electron chi connectivity index (χ1n) is 4.60. The van der Waals surface area contributed by atoms with Gasteiger partial charge in [-0.3, -0.25) is 0 Å². The molecule has 80 valence electrons. The average molecular weight is 266 g/mol. The SMILES string of the molecule is ClC[C@H](Cl)CCCCC[C@@H](Cl)CCl. The molecule has 0 aliphatic heterocycles. The molecule has 4 heteroatoms. The molecule has 0 nitrogen and oxygen atoms in total. The predicted molar refractivity (Wildman–Crippen MR) is 63.8 cm³/mol. The fourth-order valence-electron chi connectivity index (χ4n) is 1.06. The summed E-state index contributed by atoms with van der Waals surface area (Å²) in [5.74, 6) is 1.09. The quantitative estimate of drug-likeness (QED) is 0.444. The molecule has 0 amide bonds. The zero-order valence-corrected chi connectivity index (χ0v) is 10.6. The van der Waals surface area contributed by atoms with Gasteiger partial charge in [-0.15, -0.1) is 46.4 Å². The third kappa shape index (κ3) is 9.46. The van der Waals surface area contributed by atoms with Crippen molar-refractivity contribution in [2.45, 2.75) is 42.9 Å². The maximum absolute atomic E-state index is 5.85. The molecule has 0 aliphatic rings. The summed E-state index contributed by atoms with van der Waals surface area (Å²) in [6.45, 7) is 0. The molecule has 0 rings (SSSR count). The van der Waals surface area contributed by atoms with Crippen LogP contribution in [0.1, 0.15) is 32.1 Å². The Labute approximate surface area is 101 Å². The maximum atomic E-state index is 5.85. The average Bonchev–Trinajstić information content (AvgIpc) is 2.16. The highest BCUT2D eigenvalue weighted by Crippen LogP contribution is 2.14. The van der Waals surface area contributed by atoms with E-state index in [1.807, 2.05) is 0 Å². The lowest BCUT2D eigenvalue weighted by atomic mass is 10.1. The summed E-state index contributed by atoms with van der Waals surface area (Å²) in [6.07, 6.45) is 5.43. The summed E-state index contributed by atoms with van der Waals surface area (Å²) < 4.78 is 0. The van der Waals surface area contributed by atoms with E-state index in [9.17, 15) is 0 Å². The Balaban J connectivity index is 3.08. The number of hydrogen-bond donors (Lipinski definition) is 0. The lowest BCUT2D eigenvalue weighted by molar-refractivity contribution is 0.609. The van der Waals surface area contributed by atoms with Gasteiger partial charge in [0, 0.05) is 22.5 Å². The fourth-order valence-corrected chi connectivity index (χ4v) is 1.68. The number of unbranched alkanes of at least 4 members (excludes halogenated alkanes) is 2. The third-order valence-corrected chi connectivity index (χ3v) is 3.68. The van der Waals surface area contributed by atoms with Gasteiger partial charge in [0.25, 0.3) is 0 Å². The first kappa shape index (κ1) is 14.2. The molecule has 0 bridgehead atoms. The molecule has 2 atom stereocenters. The van der Waals surface area contributed by atoms with Crippen LogP contribution in [-0.2, 0) is 0 Å². The minimum atomic E-state index is 0.126. The molecular weight excluding hydrogens is 250 g/mol. The van der Waals surface area contributed by atoms with Crippen molar-refractivity contribution in [1.29, 1.82) is 0 Å². The number of rotatable bonds is 8. The molecule has 0 heterocycles. The summed E-state index contributed by atoms with van der Waals surface area (Å²) in [6, 6.07) is 0. The van der Waals surface area contributed by atoms with Gasteiger partial charge in [-0.05, 0) is 12.8 Å². The smallest absolute Gasteiger partial charge is 0.0471 e. The van der Waals surface area contributed by atoms with Crippen LogP contribution in [0.3, 0.4) is 0 Å². The highest BCUT2D eigenvalue weighted by atomic mass is 35.5. The van der Waals surface area contributed by atoms with E-state index in [2.05, 4.69) is 0 Å². The van der Waals surface area contributed by atoms with Crippen molar-refractivity contribution >= 4 is 46.4 Å². The molecule has 0 radical (unpaired) electrons. The van der Waals surface area contributed by atoms with Crippen molar-refractivity contribution in [1.82, 2.24) is 0 Å². The van der Waals surface area contributed by atoms with Gasteiger partial charge in [-0.1, -0.05) is 19.3 Å².